The van der Waals surface area contributed by atoms with E-state index in [2.05, 4.69) is 18.8 Å². The summed E-state index contributed by atoms with van der Waals surface area (Å²) in [6, 6.07) is 7.67. The summed E-state index contributed by atoms with van der Waals surface area (Å²) in [7, 11) is 0. The first kappa shape index (κ1) is 23.1. The van der Waals surface area contributed by atoms with Gasteiger partial charge in [0.1, 0.15) is 5.84 Å². The van der Waals surface area contributed by atoms with Gasteiger partial charge in [-0.3, -0.25) is 4.79 Å². The third-order valence-electron chi connectivity index (χ3n) is 5.83. The Morgan fingerprint density at radius 3 is 2.71 bits per heavy atom. The number of hydrogen-bond acceptors (Lipinski definition) is 3. The fourth-order valence-corrected chi connectivity index (χ4v) is 4.21. The van der Waals surface area contributed by atoms with E-state index >= 15 is 0 Å². The molecule has 1 atom stereocenters. The number of benzene rings is 1. The van der Waals surface area contributed by atoms with Crippen molar-refractivity contribution >= 4 is 23.3 Å². The molecule has 5 heteroatoms. The second kappa shape index (κ2) is 10.6. The highest BCUT2D eigenvalue weighted by atomic mass is 35.5. The lowest BCUT2D eigenvalue weighted by atomic mass is 9.88. The van der Waals surface area contributed by atoms with Gasteiger partial charge >= 0.3 is 0 Å². The Morgan fingerprint density at radius 1 is 1.32 bits per heavy atom. The monoisotopic (exact) mass is 437 g/mol. The number of amides is 1. The minimum Gasteiger partial charge on any atom is -0.340 e. The Morgan fingerprint density at radius 2 is 2.06 bits per heavy atom. The molecule has 1 unspecified atom stereocenters. The van der Waals surface area contributed by atoms with Crippen LogP contribution in [-0.4, -0.2) is 29.7 Å². The number of nitrogens with zero attached hydrogens (tertiary/aromatic N) is 2. The van der Waals surface area contributed by atoms with E-state index in [0.29, 0.717) is 24.5 Å². The number of allylic oxidation sites excluding steroid dienone is 3. The highest BCUT2D eigenvalue weighted by Gasteiger charge is 2.33. The molecule has 2 aliphatic heterocycles. The molecule has 1 amide bonds. The Hall–Kier alpha value is -2.59. The van der Waals surface area contributed by atoms with E-state index < -0.39 is 0 Å². The van der Waals surface area contributed by atoms with Crippen LogP contribution < -0.4 is 5.32 Å². The highest BCUT2D eigenvalue weighted by Crippen LogP contribution is 2.34. The van der Waals surface area contributed by atoms with E-state index in [1.807, 2.05) is 61.2 Å². The van der Waals surface area contributed by atoms with Crippen LogP contribution in [0.5, 0.6) is 0 Å². The number of carbonyl (C=O) groups excluding carboxylic acids is 1. The molecule has 2 heterocycles. The fraction of sp³-hybridized carbons (Fsp3) is 0.385. The SMILES string of the molecule is C=C1NC(c2ccc(Cl)cc2)=NC2=C1CN(C(=O)CC(/C=C\C)=C/C)CC2CCCC. The lowest BCUT2D eigenvalue weighted by molar-refractivity contribution is -0.130. The molecule has 0 aliphatic carbocycles. The van der Waals surface area contributed by atoms with Crippen molar-refractivity contribution in [3.8, 4) is 0 Å². The van der Waals surface area contributed by atoms with Crippen LogP contribution in [0.25, 0.3) is 0 Å². The Bertz CT molecular complexity index is 953. The van der Waals surface area contributed by atoms with E-state index in [1.165, 1.54) is 0 Å². The summed E-state index contributed by atoms with van der Waals surface area (Å²) in [6.45, 7) is 11.7. The first-order chi connectivity index (χ1) is 15.0. The minimum absolute atomic E-state index is 0.152. The highest BCUT2D eigenvalue weighted by molar-refractivity contribution is 6.30. The predicted molar refractivity (Wildman–Crippen MR) is 130 cm³/mol. The van der Waals surface area contributed by atoms with Crippen LogP contribution in [0.2, 0.25) is 5.02 Å². The van der Waals surface area contributed by atoms with Crippen LogP contribution in [0.4, 0.5) is 0 Å². The standard InChI is InChI=1S/C26H32ClN3O/c1-5-8-10-21-16-30(24(31)15-19(7-3)9-6-2)17-23-18(4)28-26(29-25(21)23)20-11-13-22(27)14-12-20/h6-7,9,11-14,21H,4-5,8,10,15-17H2,1-3H3,(H,28,29)/b9-6-,19-7+. The fourth-order valence-electron chi connectivity index (χ4n) is 4.08. The molecular weight excluding hydrogens is 406 g/mol. The van der Waals surface area contributed by atoms with Crippen molar-refractivity contribution in [2.24, 2.45) is 10.9 Å². The normalized spacial score (nSPS) is 19.4. The number of nitrogens with one attached hydrogen (secondary N) is 1. The van der Waals surface area contributed by atoms with Crippen LogP contribution >= 0.6 is 11.6 Å². The van der Waals surface area contributed by atoms with Gasteiger partial charge in [-0.05, 0) is 50.1 Å². The van der Waals surface area contributed by atoms with Gasteiger partial charge in [0, 0.05) is 40.9 Å². The molecule has 0 saturated heterocycles. The summed E-state index contributed by atoms with van der Waals surface area (Å²) in [5.41, 5.74) is 4.97. The number of unbranched alkanes of at least 4 members (excludes halogenated alkanes) is 1. The van der Waals surface area contributed by atoms with Gasteiger partial charge < -0.3 is 10.2 Å². The number of rotatable bonds is 7. The van der Waals surface area contributed by atoms with Crippen LogP contribution in [0.15, 0.2) is 76.6 Å². The topological polar surface area (TPSA) is 44.7 Å². The number of aliphatic imine (C=N–C) groups is 1. The zero-order valence-corrected chi connectivity index (χ0v) is 19.5. The second-order valence-electron chi connectivity index (χ2n) is 8.09. The van der Waals surface area contributed by atoms with Gasteiger partial charge in [0.05, 0.1) is 12.1 Å². The van der Waals surface area contributed by atoms with Gasteiger partial charge in [0.25, 0.3) is 0 Å². The number of hydrogen-bond donors (Lipinski definition) is 1. The van der Waals surface area contributed by atoms with E-state index in [1.54, 1.807) is 0 Å². The van der Waals surface area contributed by atoms with Gasteiger partial charge in [0.2, 0.25) is 5.91 Å². The van der Waals surface area contributed by atoms with Gasteiger partial charge in [-0.1, -0.05) is 56.2 Å². The molecule has 0 bridgehead atoms. The van der Waals surface area contributed by atoms with Crippen molar-refractivity contribution in [3.05, 3.63) is 82.2 Å². The first-order valence-electron chi connectivity index (χ1n) is 11.1. The average molecular weight is 438 g/mol. The summed E-state index contributed by atoms with van der Waals surface area (Å²) in [5.74, 6) is 1.16. The zero-order chi connectivity index (χ0) is 22.4. The summed E-state index contributed by atoms with van der Waals surface area (Å²) < 4.78 is 0. The van der Waals surface area contributed by atoms with Crippen molar-refractivity contribution in [1.82, 2.24) is 10.2 Å². The van der Waals surface area contributed by atoms with Crippen molar-refractivity contribution < 1.29 is 4.79 Å². The quantitative estimate of drug-likeness (QED) is 0.530. The predicted octanol–water partition coefficient (Wildman–Crippen LogP) is 6.02. The molecule has 0 spiro atoms. The molecule has 3 rings (SSSR count). The van der Waals surface area contributed by atoms with Gasteiger partial charge in [-0.15, -0.1) is 0 Å². The van der Waals surface area contributed by atoms with Crippen LogP contribution in [-0.2, 0) is 4.79 Å². The second-order valence-corrected chi connectivity index (χ2v) is 8.52. The number of amidine groups is 1. The molecule has 164 valence electrons. The molecule has 0 aromatic heterocycles. The zero-order valence-electron chi connectivity index (χ0n) is 18.7. The molecular formula is C26H32ClN3O. The van der Waals surface area contributed by atoms with E-state index in [9.17, 15) is 4.79 Å². The van der Waals surface area contributed by atoms with Crippen molar-refractivity contribution in [2.75, 3.05) is 13.1 Å². The van der Waals surface area contributed by atoms with Gasteiger partial charge in [-0.25, -0.2) is 4.99 Å². The van der Waals surface area contributed by atoms with Crippen LogP contribution in [0, 0.1) is 5.92 Å². The Labute approximate surface area is 191 Å². The Balaban J connectivity index is 1.90. The van der Waals surface area contributed by atoms with Crippen molar-refractivity contribution in [2.45, 2.75) is 46.5 Å². The molecule has 31 heavy (non-hydrogen) atoms. The third-order valence-corrected chi connectivity index (χ3v) is 6.09. The first-order valence-corrected chi connectivity index (χ1v) is 11.4. The molecule has 0 radical (unpaired) electrons. The average Bonchev–Trinajstić information content (AvgIpc) is 2.77. The summed E-state index contributed by atoms with van der Waals surface area (Å²) in [5, 5.41) is 4.05. The molecule has 1 aromatic rings. The maximum atomic E-state index is 13.1. The molecule has 2 aliphatic rings. The lowest BCUT2D eigenvalue weighted by Crippen LogP contribution is -2.45. The molecule has 4 nitrogen and oxygen atoms in total. The smallest absolute Gasteiger partial charge is 0.227 e. The third kappa shape index (κ3) is 5.56. The Kier molecular flexibility index (Phi) is 7.91. The molecule has 0 saturated carbocycles. The number of halogens is 1. The van der Waals surface area contributed by atoms with E-state index in [4.69, 9.17) is 16.6 Å². The number of carbonyl (C=O) groups is 1. The molecule has 1 N–H and O–H groups in total. The summed E-state index contributed by atoms with van der Waals surface area (Å²) >= 11 is 6.05. The largest absolute Gasteiger partial charge is 0.340 e. The summed E-state index contributed by atoms with van der Waals surface area (Å²) in [6.07, 6.45) is 9.63. The van der Waals surface area contributed by atoms with Crippen LogP contribution in [0.3, 0.4) is 0 Å². The minimum atomic E-state index is 0.152. The van der Waals surface area contributed by atoms with Gasteiger partial charge in [0.15, 0.2) is 0 Å². The lowest BCUT2D eigenvalue weighted by Gasteiger charge is -2.38. The van der Waals surface area contributed by atoms with Crippen molar-refractivity contribution in [1.29, 1.82) is 0 Å². The maximum Gasteiger partial charge on any atom is 0.227 e. The van der Waals surface area contributed by atoms with E-state index in [-0.39, 0.29) is 11.8 Å². The van der Waals surface area contributed by atoms with Crippen molar-refractivity contribution in [3.63, 3.8) is 0 Å². The maximum absolute atomic E-state index is 13.1. The molecule has 1 aromatic carbocycles. The van der Waals surface area contributed by atoms with Crippen LogP contribution in [0.1, 0.15) is 52.0 Å². The van der Waals surface area contributed by atoms with Gasteiger partial charge in [-0.2, -0.15) is 0 Å². The summed E-state index contributed by atoms with van der Waals surface area (Å²) in [4.78, 5) is 20.1. The van der Waals surface area contributed by atoms with E-state index in [0.717, 1.165) is 53.2 Å². The molecule has 0 fully saturated rings.